The molecule has 22 heavy (non-hydrogen) atoms. The average Bonchev–Trinajstić information content (AvgIpc) is 2.37. The minimum absolute atomic E-state index is 0.262. The third kappa shape index (κ3) is 4.71. The summed E-state index contributed by atoms with van der Waals surface area (Å²) >= 11 is 0. The van der Waals surface area contributed by atoms with Crippen LogP contribution in [0.15, 0.2) is 18.2 Å². The van der Waals surface area contributed by atoms with Crippen molar-refractivity contribution in [2.45, 2.75) is 33.0 Å². The summed E-state index contributed by atoms with van der Waals surface area (Å²) in [7, 11) is 0. The maximum Gasteiger partial charge on any atom is 0.471 e. The summed E-state index contributed by atoms with van der Waals surface area (Å²) in [4.78, 5) is 23.0. The lowest BCUT2D eigenvalue weighted by Gasteiger charge is -2.22. The molecule has 8 heteroatoms. The molecule has 0 aliphatic carbocycles. The molecule has 0 fully saturated rings. The SMILES string of the molecule is Cc1cc(F)ccc1NC(=O)C(NC(=O)C(F)(F)F)C(C)C. The van der Waals surface area contributed by atoms with E-state index < -0.39 is 35.8 Å². The van der Waals surface area contributed by atoms with Crippen LogP contribution in [0.25, 0.3) is 0 Å². The number of anilines is 1. The number of carbonyl (C=O) groups is 2. The predicted molar refractivity (Wildman–Crippen MR) is 72.6 cm³/mol. The van der Waals surface area contributed by atoms with E-state index in [1.54, 1.807) is 5.32 Å². The summed E-state index contributed by atoms with van der Waals surface area (Å²) < 4.78 is 49.8. The van der Waals surface area contributed by atoms with Crippen molar-refractivity contribution in [1.29, 1.82) is 0 Å². The number of alkyl halides is 3. The molecule has 0 saturated carbocycles. The molecule has 0 aromatic heterocycles. The Kier molecular flexibility index (Phi) is 5.51. The molecule has 1 atom stereocenters. The van der Waals surface area contributed by atoms with Gasteiger partial charge in [-0.1, -0.05) is 13.8 Å². The molecule has 0 aliphatic rings. The summed E-state index contributed by atoms with van der Waals surface area (Å²) in [6.45, 7) is 4.54. The highest BCUT2D eigenvalue weighted by Crippen LogP contribution is 2.18. The van der Waals surface area contributed by atoms with Gasteiger partial charge in [-0.25, -0.2) is 4.39 Å². The topological polar surface area (TPSA) is 58.2 Å². The quantitative estimate of drug-likeness (QED) is 0.838. The molecule has 0 spiro atoms. The number of nitrogens with one attached hydrogen (secondary N) is 2. The van der Waals surface area contributed by atoms with Crippen LogP contribution in [0.4, 0.5) is 23.2 Å². The molecular weight excluding hydrogens is 304 g/mol. The highest BCUT2D eigenvalue weighted by molar-refractivity contribution is 5.98. The van der Waals surface area contributed by atoms with Crippen LogP contribution < -0.4 is 10.6 Å². The molecule has 0 aliphatic heterocycles. The molecule has 1 aromatic carbocycles. The van der Waals surface area contributed by atoms with E-state index in [4.69, 9.17) is 0 Å². The van der Waals surface area contributed by atoms with E-state index in [9.17, 15) is 27.2 Å². The lowest BCUT2D eigenvalue weighted by atomic mass is 10.0. The van der Waals surface area contributed by atoms with Gasteiger partial charge in [-0.2, -0.15) is 13.2 Å². The number of hydrogen-bond acceptors (Lipinski definition) is 2. The summed E-state index contributed by atoms with van der Waals surface area (Å²) in [5.41, 5.74) is 0.677. The fourth-order valence-electron chi connectivity index (χ4n) is 1.74. The van der Waals surface area contributed by atoms with Crippen molar-refractivity contribution in [2.75, 3.05) is 5.32 Å². The van der Waals surface area contributed by atoms with Gasteiger partial charge in [0.15, 0.2) is 0 Å². The number of benzene rings is 1. The van der Waals surface area contributed by atoms with E-state index in [0.29, 0.717) is 5.56 Å². The maximum atomic E-state index is 13.0. The zero-order valence-corrected chi connectivity index (χ0v) is 12.2. The molecule has 1 aromatic rings. The molecule has 0 radical (unpaired) electrons. The molecular formula is C14H16F4N2O2. The number of halogens is 4. The summed E-state index contributed by atoms with van der Waals surface area (Å²) in [5.74, 6) is -4.05. The fourth-order valence-corrected chi connectivity index (χ4v) is 1.74. The van der Waals surface area contributed by atoms with Crippen LogP contribution in [0.5, 0.6) is 0 Å². The van der Waals surface area contributed by atoms with Gasteiger partial charge in [0.25, 0.3) is 0 Å². The van der Waals surface area contributed by atoms with Crippen LogP contribution in [0.3, 0.4) is 0 Å². The number of carbonyl (C=O) groups excluding carboxylic acids is 2. The molecule has 0 bridgehead atoms. The van der Waals surface area contributed by atoms with Crippen molar-refractivity contribution in [3.63, 3.8) is 0 Å². The molecule has 0 heterocycles. The second-order valence-electron chi connectivity index (χ2n) is 5.14. The predicted octanol–water partition coefficient (Wildman–Crippen LogP) is 2.78. The third-order valence-corrected chi connectivity index (χ3v) is 2.94. The van der Waals surface area contributed by atoms with E-state index in [0.717, 1.165) is 6.07 Å². The first-order valence-electron chi connectivity index (χ1n) is 6.47. The van der Waals surface area contributed by atoms with Crippen LogP contribution >= 0.6 is 0 Å². The molecule has 2 amide bonds. The first-order chi connectivity index (χ1) is 10.0. The second kappa shape index (κ2) is 6.76. The molecule has 2 N–H and O–H groups in total. The van der Waals surface area contributed by atoms with Gasteiger partial charge in [-0.15, -0.1) is 0 Å². The Bertz CT molecular complexity index is 570. The molecule has 1 unspecified atom stereocenters. The summed E-state index contributed by atoms with van der Waals surface area (Å²) in [6.07, 6.45) is -5.07. The van der Waals surface area contributed by atoms with Crippen molar-refractivity contribution >= 4 is 17.5 Å². The highest BCUT2D eigenvalue weighted by Gasteiger charge is 2.41. The second-order valence-corrected chi connectivity index (χ2v) is 5.14. The van der Waals surface area contributed by atoms with E-state index in [1.807, 2.05) is 0 Å². The van der Waals surface area contributed by atoms with Gasteiger partial charge < -0.3 is 10.6 Å². The minimum Gasteiger partial charge on any atom is -0.336 e. The van der Waals surface area contributed by atoms with Crippen LogP contribution in [0, 0.1) is 18.7 Å². The van der Waals surface area contributed by atoms with Crippen LogP contribution in [-0.4, -0.2) is 24.0 Å². The van der Waals surface area contributed by atoms with Crippen LogP contribution in [0.1, 0.15) is 19.4 Å². The van der Waals surface area contributed by atoms with Crippen molar-refractivity contribution in [2.24, 2.45) is 5.92 Å². The first kappa shape index (κ1) is 17.9. The van der Waals surface area contributed by atoms with Crippen LogP contribution in [0.2, 0.25) is 0 Å². The fraction of sp³-hybridized carbons (Fsp3) is 0.429. The minimum atomic E-state index is -5.07. The zero-order valence-electron chi connectivity index (χ0n) is 12.2. The van der Waals surface area contributed by atoms with Crippen LogP contribution in [-0.2, 0) is 9.59 Å². The average molecular weight is 320 g/mol. The molecule has 122 valence electrons. The lowest BCUT2D eigenvalue weighted by molar-refractivity contribution is -0.175. The van der Waals surface area contributed by atoms with Gasteiger partial charge in [-0.05, 0) is 36.6 Å². The van der Waals surface area contributed by atoms with E-state index in [1.165, 1.54) is 32.9 Å². The normalized spacial score (nSPS) is 12.9. The highest BCUT2D eigenvalue weighted by atomic mass is 19.4. The Morgan fingerprint density at radius 3 is 2.23 bits per heavy atom. The van der Waals surface area contributed by atoms with Crippen molar-refractivity contribution in [1.82, 2.24) is 5.32 Å². The molecule has 0 saturated heterocycles. The Hall–Kier alpha value is -2.12. The number of aryl methyl sites for hydroxylation is 1. The van der Waals surface area contributed by atoms with Crippen molar-refractivity contribution in [3.8, 4) is 0 Å². The number of rotatable bonds is 4. The van der Waals surface area contributed by atoms with Gasteiger partial charge in [0.1, 0.15) is 11.9 Å². The summed E-state index contributed by atoms with van der Waals surface area (Å²) in [5, 5.41) is 4.05. The van der Waals surface area contributed by atoms with Gasteiger partial charge in [0.2, 0.25) is 5.91 Å². The van der Waals surface area contributed by atoms with E-state index in [2.05, 4.69) is 5.32 Å². The van der Waals surface area contributed by atoms with Gasteiger partial charge in [0, 0.05) is 5.69 Å². The van der Waals surface area contributed by atoms with Gasteiger partial charge >= 0.3 is 12.1 Å². The van der Waals surface area contributed by atoms with Crippen molar-refractivity contribution in [3.05, 3.63) is 29.6 Å². The van der Waals surface area contributed by atoms with Gasteiger partial charge in [-0.3, -0.25) is 9.59 Å². The van der Waals surface area contributed by atoms with E-state index >= 15 is 0 Å². The largest absolute Gasteiger partial charge is 0.471 e. The van der Waals surface area contributed by atoms with E-state index in [-0.39, 0.29) is 5.69 Å². The first-order valence-corrected chi connectivity index (χ1v) is 6.47. The maximum absolute atomic E-state index is 13.0. The zero-order chi connectivity index (χ0) is 17.1. The molecule has 4 nitrogen and oxygen atoms in total. The standard InChI is InChI=1S/C14H16F4N2O2/c1-7(2)11(20-13(22)14(16,17)18)12(21)19-10-5-4-9(15)6-8(10)3/h4-7,11H,1-3H3,(H,19,21)(H,20,22). The van der Waals surface area contributed by atoms with Gasteiger partial charge in [0.05, 0.1) is 0 Å². The smallest absolute Gasteiger partial charge is 0.336 e. The molecule has 1 rings (SSSR count). The Morgan fingerprint density at radius 1 is 1.18 bits per heavy atom. The number of hydrogen-bond donors (Lipinski definition) is 2. The Morgan fingerprint density at radius 2 is 1.77 bits per heavy atom. The Balaban J connectivity index is 2.88. The third-order valence-electron chi connectivity index (χ3n) is 2.94. The lowest BCUT2D eigenvalue weighted by Crippen LogP contribution is -2.51. The monoisotopic (exact) mass is 320 g/mol. The number of amides is 2. The Labute approximate surface area is 124 Å². The summed E-state index contributed by atoms with van der Waals surface area (Å²) in [6, 6.07) is 2.22. The van der Waals surface area contributed by atoms with Crippen molar-refractivity contribution < 1.29 is 27.2 Å².